The topological polar surface area (TPSA) is 58.7 Å². The molecule has 1 aliphatic rings. The van der Waals surface area contributed by atoms with Crippen molar-refractivity contribution in [2.75, 3.05) is 5.01 Å². The van der Waals surface area contributed by atoms with Gasteiger partial charge < -0.3 is 5.73 Å². The number of hydrogen-bond acceptors (Lipinski definition) is 3. The number of rotatable bonds is 1. The molecule has 0 aromatic heterocycles. The van der Waals surface area contributed by atoms with Crippen molar-refractivity contribution in [3.05, 3.63) is 29.6 Å². The molecule has 2 rings (SSSR count). The molecular weight excluding hydrogens is 223 g/mol. The standard InChI is InChI=1S/C9H6F3N3O/c10-4-1-5(11)9(6(12)2-4)15-8(16)3-7(13)14-15/h1-2H,3H2,(H2,13,14). The Balaban J connectivity index is 2.53. The van der Waals surface area contributed by atoms with Gasteiger partial charge in [0.2, 0.25) is 0 Å². The molecule has 1 aromatic rings. The zero-order valence-electron chi connectivity index (χ0n) is 7.88. The van der Waals surface area contributed by atoms with Gasteiger partial charge in [-0.3, -0.25) is 4.79 Å². The van der Waals surface area contributed by atoms with Crippen molar-refractivity contribution >= 4 is 17.4 Å². The van der Waals surface area contributed by atoms with Gasteiger partial charge in [-0.15, -0.1) is 0 Å². The second-order valence-electron chi connectivity index (χ2n) is 3.19. The van der Waals surface area contributed by atoms with E-state index in [0.29, 0.717) is 17.1 Å². The zero-order valence-corrected chi connectivity index (χ0v) is 7.88. The van der Waals surface area contributed by atoms with Crippen LogP contribution in [0.4, 0.5) is 18.9 Å². The zero-order chi connectivity index (χ0) is 11.9. The third-order valence-corrected chi connectivity index (χ3v) is 1.99. The molecule has 0 atom stereocenters. The minimum atomic E-state index is -1.20. The smallest absolute Gasteiger partial charge is 0.255 e. The monoisotopic (exact) mass is 229 g/mol. The maximum absolute atomic E-state index is 13.3. The van der Waals surface area contributed by atoms with E-state index >= 15 is 0 Å². The van der Waals surface area contributed by atoms with E-state index in [1.165, 1.54) is 0 Å². The van der Waals surface area contributed by atoms with Crippen molar-refractivity contribution in [2.45, 2.75) is 6.42 Å². The first kappa shape index (κ1) is 10.5. The van der Waals surface area contributed by atoms with Crippen LogP contribution in [-0.4, -0.2) is 11.7 Å². The Kier molecular flexibility index (Phi) is 2.30. The van der Waals surface area contributed by atoms with Gasteiger partial charge in [0.1, 0.15) is 17.3 Å². The number of amides is 1. The number of nitrogens with two attached hydrogens (primary N) is 1. The van der Waals surface area contributed by atoms with Gasteiger partial charge in [-0.05, 0) is 0 Å². The summed E-state index contributed by atoms with van der Waals surface area (Å²) in [4.78, 5) is 11.3. The first-order valence-electron chi connectivity index (χ1n) is 4.29. The van der Waals surface area contributed by atoms with E-state index in [2.05, 4.69) is 5.10 Å². The lowest BCUT2D eigenvalue weighted by Gasteiger charge is -2.13. The predicted molar refractivity (Wildman–Crippen MR) is 50.0 cm³/mol. The van der Waals surface area contributed by atoms with Gasteiger partial charge in [0.25, 0.3) is 5.91 Å². The van der Waals surface area contributed by atoms with E-state index in [9.17, 15) is 18.0 Å². The summed E-state index contributed by atoms with van der Waals surface area (Å²) in [6.07, 6.45) is -0.212. The fourth-order valence-corrected chi connectivity index (χ4v) is 1.36. The van der Waals surface area contributed by atoms with Crippen LogP contribution in [-0.2, 0) is 4.79 Å². The first-order chi connectivity index (χ1) is 7.49. The van der Waals surface area contributed by atoms with Crippen LogP contribution in [0, 0.1) is 17.5 Å². The van der Waals surface area contributed by atoms with Crippen LogP contribution in [0.15, 0.2) is 17.2 Å². The molecule has 7 heteroatoms. The molecule has 0 spiro atoms. The highest BCUT2D eigenvalue weighted by molar-refractivity contribution is 6.11. The van der Waals surface area contributed by atoms with E-state index in [1.54, 1.807) is 0 Å². The summed E-state index contributed by atoms with van der Waals surface area (Å²) in [5, 5.41) is 3.97. The van der Waals surface area contributed by atoms with E-state index in [0.717, 1.165) is 0 Å². The van der Waals surface area contributed by atoms with Crippen molar-refractivity contribution in [2.24, 2.45) is 10.8 Å². The SMILES string of the molecule is NC1=NN(c2c(F)cc(F)cc2F)C(=O)C1. The molecule has 0 radical (unpaired) electrons. The van der Waals surface area contributed by atoms with Crippen LogP contribution >= 0.6 is 0 Å². The number of carbonyl (C=O) groups is 1. The summed E-state index contributed by atoms with van der Waals surface area (Å²) < 4.78 is 39.2. The van der Waals surface area contributed by atoms with Gasteiger partial charge in [-0.1, -0.05) is 0 Å². The van der Waals surface area contributed by atoms with Gasteiger partial charge in [0.05, 0.1) is 6.42 Å². The Morgan fingerprint density at radius 2 is 1.81 bits per heavy atom. The van der Waals surface area contributed by atoms with Crippen molar-refractivity contribution in [3.8, 4) is 0 Å². The molecule has 1 heterocycles. The molecule has 0 fully saturated rings. The highest BCUT2D eigenvalue weighted by atomic mass is 19.1. The van der Waals surface area contributed by atoms with E-state index in [4.69, 9.17) is 5.73 Å². The van der Waals surface area contributed by atoms with Gasteiger partial charge in [-0.2, -0.15) is 10.1 Å². The molecule has 2 N–H and O–H groups in total. The number of amidine groups is 1. The lowest BCUT2D eigenvalue weighted by molar-refractivity contribution is -0.117. The maximum Gasteiger partial charge on any atom is 0.255 e. The van der Waals surface area contributed by atoms with Crippen LogP contribution in [0.3, 0.4) is 0 Å². The molecular formula is C9H6F3N3O. The lowest BCUT2D eigenvalue weighted by Crippen LogP contribution is -2.22. The Labute approximate surface area is 88.1 Å². The Hall–Kier alpha value is -2.05. The van der Waals surface area contributed by atoms with Crippen LogP contribution in [0.1, 0.15) is 6.42 Å². The van der Waals surface area contributed by atoms with E-state index < -0.39 is 29.0 Å². The van der Waals surface area contributed by atoms with Crippen molar-refractivity contribution < 1.29 is 18.0 Å². The lowest BCUT2D eigenvalue weighted by atomic mass is 10.2. The highest BCUT2D eigenvalue weighted by Crippen LogP contribution is 2.27. The number of carbonyl (C=O) groups excluding carboxylic acids is 1. The Morgan fingerprint density at radius 3 is 2.25 bits per heavy atom. The summed E-state index contributed by atoms with van der Waals surface area (Å²) in [5.74, 6) is -4.19. The molecule has 0 unspecified atom stereocenters. The summed E-state index contributed by atoms with van der Waals surface area (Å²) >= 11 is 0. The molecule has 4 nitrogen and oxygen atoms in total. The van der Waals surface area contributed by atoms with Crippen molar-refractivity contribution in [1.82, 2.24) is 0 Å². The molecule has 16 heavy (non-hydrogen) atoms. The molecule has 1 aliphatic heterocycles. The third kappa shape index (κ3) is 1.60. The molecule has 1 aromatic carbocycles. The van der Waals surface area contributed by atoms with Crippen LogP contribution in [0.25, 0.3) is 0 Å². The number of halogens is 3. The number of nitrogens with zero attached hydrogens (tertiary/aromatic N) is 2. The summed E-state index contributed by atoms with van der Waals surface area (Å²) in [7, 11) is 0. The molecule has 0 saturated carbocycles. The highest BCUT2D eigenvalue weighted by Gasteiger charge is 2.29. The molecule has 0 aliphatic carbocycles. The largest absolute Gasteiger partial charge is 0.385 e. The van der Waals surface area contributed by atoms with E-state index in [-0.39, 0.29) is 12.3 Å². The molecule has 1 amide bonds. The molecule has 84 valence electrons. The quantitative estimate of drug-likeness (QED) is 0.784. The van der Waals surface area contributed by atoms with Gasteiger partial charge in [0.15, 0.2) is 11.6 Å². The van der Waals surface area contributed by atoms with Gasteiger partial charge >= 0.3 is 0 Å². The fraction of sp³-hybridized carbons (Fsp3) is 0.111. The second-order valence-corrected chi connectivity index (χ2v) is 3.19. The average molecular weight is 229 g/mol. The maximum atomic E-state index is 13.3. The van der Waals surface area contributed by atoms with Gasteiger partial charge in [0, 0.05) is 12.1 Å². The van der Waals surface area contributed by atoms with Gasteiger partial charge in [-0.25, -0.2) is 13.2 Å². The average Bonchev–Trinajstić information content (AvgIpc) is 2.43. The summed E-state index contributed by atoms with van der Waals surface area (Å²) in [5.41, 5.74) is 4.54. The van der Waals surface area contributed by atoms with Crippen LogP contribution in [0.5, 0.6) is 0 Å². The predicted octanol–water partition coefficient (Wildman–Crippen LogP) is 1.11. The third-order valence-electron chi connectivity index (χ3n) is 1.99. The minimum Gasteiger partial charge on any atom is -0.385 e. The molecule has 0 bridgehead atoms. The second kappa shape index (κ2) is 3.51. The Morgan fingerprint density at radius 1 is 1.25 bits per heavy atom. The number of hydrogen-bond donors (Lipinski definition) is 1. The number of anilines is 1. The Bertz CT molecular complexity index is 478. The van der Waals surface area contributed by atoms with Crippen LogP contribution < -0.4 is 10.7 Å². The summed E-state index contributed by atoms with van der Waals surface area (Å²) in [6.45, 7) is 0. The number of hydrazone groups is 1. The van der Waals surface area contributed by atoms with Crippen molar-refractivity contribution in [1.29, 1.82) is 0 Å². The van der Waals surface area contributed by atoms with Crippen molar-refractivity contribution in [3.63, 3.8) is 0 Å². The summed E-state index contributed by atoms with van der Waals surface area (Å²) in [6, 6.07) is 0.936. The van der Waals surface area contributed by atoms with E-state index in [1.807, 2.05) is 0 Å². The fourth-order valence-electron chi connectivity index (χ4n) is 1.36. The minimum absolute atomic E-state index is 0.0480. The van der Waals surface area contributed by atoms with Crippen LogP contribution in [0.2, 0.25) is 0 Å². The normalized spacial score (nSPS) is 15.6. The first-order valence-corrected chi connectivity index (χ1v) is 4.29. The number of benzene rings is 1. The molecule has 0 saturated heterocycles.